The van der Waals surface area contributed by atoms with E-state index in [0.717, 1.165) is 6.42 Å². The Kier molecular flexibility index (Phi) is 6.26. The van der Waals surface area contributed by atoms with Gasteiger partial charge in [-0.3, -0.25) is 4.79 Å². The topological polar surface area (TPSA) is 66.5 Å². The van der Waals surface area contributed by atoms with Gasteiger partial charge in [-0.1, -0.05) is 6.92 Å². The van der Waals surface area contributed by atoms with Gasteiger partial charge in [0.1, 0.15) is 0 Å². The molecular weight excluding hydrogens is 264 g/mol. The van der Waals surface area contributed by atoms with Crippen LogP contribution in [0.2, 0.25) is 0 Å². The summed E-state index contributed by atoms with van der Waals surface area (Å²) in [6.45, 7) is 7.34. The number of rotatable bonds is 7. The lowest BCUT2D eigenvalue weighted by Crippen LogP contribution is -2.42. The first kappa shape index (κ1) is 16.4. The van der Waals surface area contributed by atoms with Crippen LogP contribution in [0.25, 0.3) is 0 Å². The third-order valence-electron chi connectivity index (χ3n) is 3.75. The number of carbonyl (C=O) groups excluding carboxylic acids is 1. The van der Waals surface area contributed by atoms with Crippen molar-refractivity contribution < 1.29 is 13.2 Å². The van der Waals surface area contributed by atoms with E-state index in [0.29, 0.717) is 32.0 Å². The average molecular weight is 290 g/mol. The quantitative estimate of drug-likeness (QED) is 0.753. The predicted octanol–water partition coefficient (Wildman–Crippen LogP) is 0.800. The second-order valence-corrected chi connectivity index (χ2v) is 7.48. The number of hydrogen-bond acceptors (Lipinski definition) is 4. The number of hydrogen-bond donors (Lipinski definition) is 1. The van der Waals surface area contributed by atoms with Crippen molar-refractivity contribution in [1.82, 2.24) is 10.2 Å². The molecule has 0 aromatic rings. The normalized spacial score (nSPS) is 23.2. The van der Waals surface area contributed by atoms with Crippen molar-refractivity contribution in [2.75, 3.05) is 24.6 Å². The van der Waals surface area contributed by atoms with Gasteiger partial charge in [0.15, 0.2) is 9.84 Å². The average Bonchev–Trinajstić information content (AvgIpc) is 2.70. The van der Waals surface area contributed by atoms with Gasteiger partial charge >= 0.3 is 0 Å². The molecule has 0 aromatic heterocycles. The van der Waals surface area contributed by atoms with Crippen LogP contribution in [0.1, 0.15) is 40.0 Å². The Balaban J connectivity index is 2.44. The van der Waals surface area contributed by atoms with Gasteiger partial charge in [0.05, 0.1) is 11.5 Å². The second-order valence-electron chi connectivity index (χ2n) is 5.25. The molecular formula is C13H26N2O3S. The fourth-order valence-corrected chi connectivity index (χ4v) is 4.10. The van der Waals surface area contributed by atoms with Gasteiger partial charge in [-0.05, 0) is 26.7 Å². The van der Waals surface area contributed by atoms with E-state index in [2.05, 4.69) is 19.2 Å². The molecule has 1 saturated heterocycles. The fraction of sp³-hybridized carbons (Fsp3) is 0.923. The van der Waals surface area contributed by atoms with Crippen LogP contribution in [-0.4, -0.2) is 55.9 Å². The van der Waals surface area contributed by atoms with E-state index in [1.165, 1.54) is 0 Å². The molecule has 0 radical (unpaired) electrons. The van der Waals surface area contributed by atoms with Crippen LogP contribution in [0.3, 0.4) is 0 Å². The molecule has 0 aliphatic carbocycles. The van der Waals surface area contributed by atoms with E-state index in [9.17, 15) is 13.2 Å². The number of amides is 1. The van der Waals surface area contributed by atoms with Crippen molar-refractivity contribution in [3.63, 3.8) is 0 Å². The molecule has 0 saturated carbocycles. The van der Waals surface area contributed by atoms with Crippen LogP contribution >= 0.6 is 0 Å². The van der Waals surface area contributed by atoms with E-state index in [-0.39, 0.29) is 23.5 Å². The summed E-state index contributed by atoms with van der Waals surface area (Å²) in [5.74, 6) is 0.401. The molecule has 0 bridgehead atoms. The minimum atomic E-state index is -2.93. The Morgan fingerprint density at radius 2 is 2.11 bits per heavy atom. The van der Waals surface area contributed by atoms with Crippen molar-refractivity contribution in [1.29, 1.82) is 0 Å². The van der Waals surface area contributed by atoms with Crippen LogP contribution in [0.15, 0.2) is 0 Å². The van der Waals surface area contributed by atoms with Crippen LogP contribution in [-0.2, 0) is 14.6 Å². The van der Waals surface area contributed by atoms with Crippen LogP contribution in [0, 0.1) is 0 Å². The lowest BCUT2D eigenvalue weighted by Gasteiger charge is -2.27. The van der Waals surface area contributed by atoms with Gasteiger partial charge in [0, 0.05) is 31.6 Å². The largest absolute Gasteiger partial charge is 0.339 e. The molecule has 19 heavy (non-hydrogen) atoms. The summed E-state index contributed by atoms with van der Waals surface area (Å²) in [6.07, 6.45) is 2.06. The Labute approximate surface area is 116 Å². The van der Waals surface area contributed by atoms with Gasteiger partial charge in [-0.2, -0.15) is 0 Å². The maximum absolute atomic E-state index is 12.1. The Morgan fingerprint density at radius 1 is 1.42 bits per heavy atom. The first-order valence-electron chi connectivity index (χ1n) is 7.12. The zero-order valence-electron chi connectivity index (χ0n) is 12.2. The Hall–Kier alpha value is -0.620. The summed E-state index contributed by atoms with van der Waals surface area (Å²) in [6, 6.07) is 0.292. The highest BCUT2D eigenvalue weighted by Gasteiger charge is 2.33. The highest BCUT2D eigenvalue weighted by molar-refractivity contribution is 7.91. The minimum absolute atomic E-state index is 0.0559. The van der Waals surface area contributed by atoms with Crippen molar-refractivity contribution in [3.05, 3.63) is 0 Å². The number of carbonyl (C=O) groups is 1. The van der Waals surface area contributed by atoms with Gasteiger partial charge in [0.25, 0.3) is 0 Å². The van der Waals surface area contributed by atoms with E-state index in [1.807, 2.05) is 6.92 Å². The zero-order chi connectivity index (χ0) is 14.5. The molecule has 2 atom stereocenters. The second kappa shape index (κ2) is 7.24. The molecule has 112 valence electrons. The van der Waals surface area contributed by atoms with E-state index in [1.54, 1.807) is 4.90 Å². The number of nitrogens with one attached hydrogen (secondary N) is 1. The molecule has 1 heterocycles. The number of nitrogens with zero attached hydrogens (tertiary/aromatic N) is 1. The summed E-state index contributed by atoms with van der Waals surface area (Å²) >= 11 is 0. The molecule has 1 fully saturated rings. The standard InChI is InChI=1S/C13H26N2O3S/c1-4-11(3)14-8-6-13(16)15(5-2)12-7-9-19(17,18)10-12/h11-12,14H,4-10H2,1-3H3. The van der Waals surface area contributed by atoms with E-state index >= 15 is 0 Å². The SMILES string of the molecule is CCC(C)NCCC(=O)N(CC)C1CCS(=O)(=O)C1. The molecule has 2 unspecified atom stereocenters. The zero-order valence-corrected chi connectivity index (χ0v) is 13.0. The van der Waals surface area contributed by atoms with Crippen molar-refractivity contribution in [3.8, 4) is 0 Å². The van der Waals surface area contributed by atoms with Crippen molar-refractivity contribution in [2.24, 2.45) is 0 Å². The molecule has 1 rings (SSSR count). The van der Waals surface area contributed by atoms with E-state index < -0.39 is 9.84 Å². The van der Waals surface area contributed by atoms with Crippen molar-refractivity contribution >= 4 is 15.7 Å². The van der Waals surface area contributed by atoms with Crippen LogP contribution < -0.4 is 5.32 Å². The van der Waals surface area contributed by atoms with Crippen molar-refractivity contribution in [2.45, 2.75) is 52.1 Å². The highest BCUT2D eigenvalue weighted by atomic mass is 32.2. The first-order valence-corrected chi connectivity index (χ1v) is 8.95. The molecule has 0 aromatic carbocycles. The lowest BCUT2D eigenvalue weighted by atomic mass is 10.2. The molecule has 0 spiro atoms. The minimum Gasteiger partial charge on any atom is -0.339 e. The van der Waals surface area contributed by atoms with E-state index in [4.69, 9.17) is 0 Å². The molecule has 6 heteroatoms. The molecule has 1 amide bonds. The summed E-state index contributed by atoms with van der Waals surface area (Å²) in [5.41, 5.74) is 0. The lowest BCUT2D eigenvalue weighted by molar-refractivity contribution is -0.132. The van der Waals surface area contributed by atoms with Gasteiger partial charge < -0.3 is 10.2 Å². The van der Waals surface area contributed by atoms with Gasteiger partial charge in [-0.25, -0.2) is 8.42 Å². The third-order valence-corrected chi connectivity index (χ3v) is 5.50. The van der Waals surface area contributed by atoms with Gasteiger partial charge in [0.2, 0.25) is 5.91 Å². The maximum Gasteiger partial charge on any atom is 0.224 e. The maximum atomic E-state index is 12.1. The van der Waals surface area contributed by atoms with Crippen LogP contribution in [0.4, 0.5) is 0 Å². The summed E-state index contributed by atoms with van der Waals surface area (Å²) in [4.78, 5) is 13.9. The Bertz CT molecular complexity index is 395. The first-order chi connectivity index (χ1) is 8.89. The monoisotopic (exact) mass is 290 g/mol. The van der Waals surface area contributed by atoms with Crippen LogP contribution in [0.5, 0.6) is 0 Å². The summed E-state index contributed by atoms with van der Waals surface area (Å²) < 4.78 is 23.0. The predicted molar refractivity (Wildman–Crippen MR) is 76.8 cm³/mol. The summed E-state index contributed by atoms with van der Waals surface area (Å²) in [7, 11) is -2.93. The highest BCUT2D eigenvalue weighted by Crippen LogP contribution is 2.18. The van der Waals surface area contributed by atoms with Gasteiger partial charge in [-0.15, -0.1) is 0 Å². The summed E-state index contributed by atoms with van der Waals surface area (Å²) in [5, 5.41) is 3.28. The molecule has 5 nitrogen and oxygen atoms in total. The molecule has 1 aliphatic heterocycles. The Morgan fingerprint density at radius 3 is 2.58 bits per heavy atom. The fourth-order valence-electron chi connectivity index (χ4n) is 2.37. The molecule has 1 aliphatic rings. The number of sulfone groups is 1. The third kappa shape index (κ3) is 5.10. The molecule has 1 N–H and O–H groups in total. The smallest absolute Gasteiger partial charge is 0.224 e.